The molecule has 0 saturated heterocycles. The molecular weight excluding hydrogens is 334 g/mol. The van der Waals surface area contributed by atoms with Gasteiger partial charge in [0.15, 0.2) is 0 Å². The van der Waals surface area contributed by atoms with Crippen LogP contribution < -0.4 is 0 Å². The summed E-state index contributed by atoms with van der Waals surface area (Å²) < 4.78 is 4.48. The summed E-state index contributed by atoms with van der Waals surface area (Å²) in [5.41, 5.74) is 3.79. The predicted molar refractivity (Wildman–Crippen MR) is 106 cm³/mol. The lowest BCUT2D eigenvalue weighted by atomic mass is 10.0. The van der Waals surface area contributed by atoms with E-state index in [2.05, 4.69) is 69.7 Å². The predicted octanol–water partition coefficient (Wildman–Crippen LogP) is 4.39. The maximum atomic E-state index is 4.70. The Balaban J connectivity index is 1.48. The minimum atomic E-state index is 0.283. The van der Waals surface area contributed by atoms with Gasteiger partial charge in [-0.05, 0) is 44.2 Å². The quantitative estimate of drug-likeness (QED) is 0.532. The van der Waals surface area contributed by atoms with E-state index in [1.807, 2.05) is 18.6 Å². The lowest BCUT2D eigenvalue weighted by Crippen LogP contribution is -2.20. The Labute approximate surface area is 158 Å². The van der Waals surface area contributed by atoms with Crippen molar-refractivity contribution >= 4 is 10.8 Å². The van der Waals surface area contributed by atoms with Gasteiger partial charge < -0.3 is 4.57 Å². The molecule has 5 rings (SSSR count). The minimum Gasteiger partial charge on any atom is -0.330 e. The monoisotopic (exact) mass is 357 g/mol. The van der Waals surface area contributed by atoms with Gasteiger partial charge in [-0.15, -0.1) is 0 Å². The number of fused-ring (bicyclic) bond motifs is 1. The second kappa shape index (κ2) is 6.05. The van der Waals surface area contributed by atoms with Gasteiger partial charge in [-0.3, -0.25) is 9.67 Å². The second-order valence-electron chi connectivity index (χ2n) is 7.87. The molecule has 1 aliphatic carbocycles. The van der Waals surface area contributed by atoms with Gasteiger partial charge in [0.05, 0.1) is 5.69 Å². The molecule has 136 valence electrons. The number of hydrogen-bond acceptors (Lipinski definition) is 3. The summed E-state index contributed by atoms with van der Waals surface area (Å²) in [6, 6.07) is 10.6. The minimum absolute atomic E-state index is 0.283. The summed E-state index contributed by atoms with van der Waals surface area (Å²) in [6.07, 6.45) is 10.3. The van der Waals surface area contributed by atoms with E-state index in [1.165, 1.54) is 29.5 Å². The van der Waals surface area contributed by atoms with Gasteiger partial charge >= 0.3 is 0 Å². The largest absolute Gasteiger partial charge is 0.330 e. The number of rotatable bonds is 5. The summed E-state index contributed by atoms with van der Waals surface area (Å²) in [4.78, 5) is 8.94. The number of pyridine rings is 1. The van der Waals surface area contributed by atoms with Crippen molar-refractivity contribution < 1.29 is 0 Å². The number of imidazole rings is 1. The molecule has 4 aromatic rings. The molecule has 0 bridgehead atoms. The topological polar surface area (TPSA) is 48.5 Å². The molecule has 1 fully saturated rings. The Kier molecular flexibility index (Phi) is 3.64. The van der Waals surface area contributed by atoms with Crippen LogP contribution in [0.2, 0.25) is 0 Å². The SMILES string of the molecule is Cc1cc(C)n(CC2(Cn3ccnc3-c3cccc4cnccc34)CC2)n1. The number of aryl methyl sites for hydroxylation is 2. The van der Waals surface area contributed by atoms with Gasteiger partial charge in [-0.1, -0.05) is 18.2 Å². The van der Waals surface area contributed by atoms with Crippen molar-refractivity contribution in [1.29, 1.82) is 0 Å². The third kappa shape index (κ3) is 2.93. The molecule has 0 spiro atoms. The van der Waals surface area contributed by atoms with Gasteiger partial charge in [-0.25, -0.2) is 4.98 Å². The van der Waals surface area contributed by atoms with E-state index in [4.69, 9.17) is 4.98 Å². The highest BCUT2D eigenvalue weighted by Crippen LogP contribution is 2.49. The summed E-state index contributed by atoms with van der Waals surface area (Å²) >= 11 is 0. The van der Waals surface area contributed by atoms with Gasteiger partial charge in [0.25, 0.3) is 0 Å². The molecule has 5 heteroatoms. The van der Waals surface area contributed by atoms with Crippen LogP contribution in [0.3, 0.4) is 0 Å². The lowest BCUT2D eigenvalue weighted by Gasteiger charge is -2.19. The summed E-state index contributed by atoms with van der Waals surface area (Å²) in [5.74, 6) is 1.03. The van der Waals surface area contributed by atoms with Crippen LogP contribution in [-0.4, -0.2) is 24.3 Å². The second-order valence-corrected chi connectivity index (χ2v) is 7.87. The van der Waals surface area contributed by atoms with E-state index in [0.717, 1.165) is 30.0 Å². The molecule has 0 amide bonds. The van der Waals surface area contributed by atoms with Crippen molar-refractivity contribution in [2.75, 3.05) is 0 Å². The number of aromatic nitrogens is 5. The van der Waals surface area contributed by atoms with Crippen LogP contribution in [0.4, 0.5) is 0 Å². The van der Waals surface area contributed by atoms with Crippen molar-refractivity contribution in [3.63, 3.8) is 0 Å². The van der Waals surface area contributed by atoms with Crippen LogP contribution >= 0.6 is 0 Å². The van der Waals surface area contributed by atoms with Crippen LogP contribution in [0.15, 0.2) is 55.1 Å². The van der Waals surface area contributed by atoms with E-state index >= 15 is 0 Å². The van der Waals surface area contributed by atoms with Crippen LogP contribution in [0.25, 0.3) is 22.2 Å². The van der Waals surface area contributed by atoms with E-state index in [-0.39, 0.29) is 5.41 Å². The third-order valence-electron chi connectivity index (χ3n) is 5.69. The van der Waals surface area contributed by atoms with E-state index in [9.17, 15) is 0 Å². The highest BCUT2D eigenvalue weighted by molar-refractivity contribution is 5.94. The number of hydrogen-bond donors (Lipinski definition) is 0. The van der Waals surface area contributed by atoms with Crippen molar-refractivity contribution in [2.45, 2.75) is 39.8 Å². The fraction of sp³-hybridized carbons (Fsp3) is 0.318. The standard InChI is InChI=1S/C22H23N5/c1-16-12-17(2)27(25-16)15-22(7-8-22)14-26-11-10-24-21(26)20-5-3-4-18-13-23-9-6-19(18)20/h3-6,9-13H,7-8,14-15H2,1-2H3. The van der Waals surface area contributed by atoms with Crippen molar-refractivity contribution in [2.24, 2.45) is 5.41 Å². The zero-order valence-corrected chi connectivity index (χ0v) is 15.8. The fourth-order valence-corrected chi connectivity index (χ4v) is 4.06. The summed E-state index contributed by atoms with van der Waals surface area (Å²) in [6.45, 7) is 6.15. The molecule has 5 nitrogen and oxygen atoms in total. The van der Waals surface area contributed by atoms with Crippen molar-refractivity contribution in [3.8, 4) is 11.4 Å². The van der Waals surface area contributed by atoms with Crippen LogP contribution in [0.5, 0.6) is 0 Å². The third-order valence-corrected chi connectivity index (χ3v) is 5.69. The Morgan fingerprint density at radius 2 is 1.96 bits per heavy atom. The normalized spacial score (nSPS) is 15.3. The highest BCUT2D eigenvalue weighted by atomic mass is 15.3. The Morgan fingerprint density at radius 1 is 1.07 bits per heavy atom. The fourth-order valence-electron chi connectivity index (χ4n) is 4.06. The molecule has 3 aromatic heterocycles. The molecule has 1 aliphatic rings. The average Bonchev–Trinajstić information content (AvgIpc) is 3.13. The summed E-state index contributed by atoms with van der Waals surface area (Å²) in [5, 5.41) is 7.02. The molecule has 0 radical (unpaired) electrons. The maximum absolute atomic E-state index is 4.70. The molecule has 3 heterocycles. The zero-order valence-electron chi connectivity index (χ0n) is 15.8. The van der Waals surface area contributed by atoms with E-state index < -0.39 is 0 Å². The molecule has 0 N–H and O–H groups in total. The molecular formula is C22H23N5. The molecule has 0 unspecified atom stereocenters. The molecule has 0 aliphatic heterocycles. The zero-order chi connectivity index (χ0) is 18.4. The lowest BCUT2D eigenvalue weighted by molar-refractivity contribution is 0.342. The molecule has 27 heavy (non-hydrogen) atoms. The van der Waals surface area contributed by atoms with E-state index in [1.54, 1.807) is 0 Å². The average molecular weight is 357 g/mol. The van der Waals surface area contributed by atoms with Gasteiger partial charge in [0.2, 0.25) is 0 Å². The van der Waals surface area contributed by atoms with Crippen LogP contribution in [0.1, 0.15) is 24.2 Å². The smallest absolute Gasteiger partial charge is 0.140 e. The summed E-state index contributed by atoms with van der Waals surface area (Å²) in [7, 11) is 0. The number of benzene rings is 1. The first-order chi connectivity index (χ1) is 13.1. The van der Waals surface area contributed by atoms with Gasteiger partial charge in [0.1, 0.15) is 5.82 Å². The van der Waals surface area contributed by atoms with Crippen molar-refractivity contribution in [1.82, 2.24) is 24.3 Å². The molecule has 1 saturated carbocycles. The first kappa shape index (κ1) is 16.2. The van der Waals surface area contributed by atoms with E-state index in [0.29, 0.717) is 0 Å². The van der Waals surface area contributed by atoms with Crippen molar-refractivity contribution in [3.05, 3.63) is 66.5 Å². The van der Waals surface area contributed by atoms with Gasteiger partial charge in [-0.2, -0.15) is 5.10 Å². The Bertz CT molecular complexity index is 1110. The number of nitrogens with zero attached hydrogens (tertiary/aromatic N) is 5. The van der Waals surface area contributed by atoms with Gasteiger partial charge in [0, 0.05) is 59.9 Å². The van der Waals surface area contributed by atoms with Crippen LogP contribution in [0, 0.1) is 19.3 Å². The first-order valence-electron chi connectivity index (χ1n) is 9.49. The van der Waals surface area contributed by atoms with Crippen LogP contribution in [-0.2, 0) is 13.1 Å². The molecule has 0 atom stereocenters. The Hall–Kier alpha value is -2.95. The maximum Gasteiger partial charge on any atom is 0.140 e. The highest BCUT2D eigenvalue weighted by Gasteiger charge is 2.44. The Morgan fingerprint density at radius 3 is 2.74 bits per heavy atom. The first-order valence-corrected chi connectivity index (χ1v) is 9.49. The molecule has 1 aromatic carbocycles.